The van der Waals surface area contributed by atoms with Gasteiger partial charge in [0, 0.05) is 31.2 Å². The van der Waals surface area contributed by atoms with Crippen LogP contribution >= 0.6 is 11.6 Å². The minimum absolute atomic E-state index is 0.398. The third-order valence-electron chi connectivity index (χ3n) is 3.33. The topological polar surface area (TPSA) is 67.1 Å². The zero-order valence-corrected chi connectivity index (χ0v) is 9.61. The minimum Gasteiger partial charge on any atom is -0.380 e. The van der Waals surface area contributed by atoms with Crippen LogP contribution in [0.3, 0.4) is 0 Å². The highest BCUT2D eigenvalue weighted by atomic mass is 35.5. The number of hydrogen-bond acceptors (Lipinski definition) is 5. The van der Waals surface area contributed by atoms with Gasteiger partial charge < -0.3 is 16.0 Å². The highest BCUT2D eigenvalue weighted by Gasteiger charge is 2.33. The predicted octanol–water partition coefficient (Wildman–Crippen LogP) is 0.653. The van der Waals surface area contributed by atoms with Gasteiger partial charge in [0.05, 0.1) is 5.69 Å². The number of halogens is 1. The Morgan fingerprint density at radius 1 is 1.31 bits per heavy atom. The normalized spacial score (nSPS) is 28.4. The van der Waals surface area contributed by atoms with Crippen molar-refractivity contribution in [3.05, 3.63) is 11.2 Å². The molecule has 2 unspecified atom stereocenters. The molecule has 6 heteroatoms. The smallest absolute Gasteiger partial charge is 0.169 e. The molecule has 5 nitrogen and oxygen atoms in total. The van der Waals surface area contributed by atoms with E-state index >= 15 is 0 Å². The molecule has 3 heterocycles. The molecule has 0 aromatic carbocycles. The fourth-order valence-electron chi connectivity index (χ4n) is 2.62. The third-order valence-corrected chi connectivity index (χ3v) is 3.51. The molecule has 3 N–H and O–H groups in total. The number of piperazine rings is 1. The van der Waals surface area contributed by atoms with Crippen LogP contribution in [0.4, 0.5) is 11.5 Å². The molecule has 2 aliphatic rings. The van der Waals surface area contributed by atoms with E-state index in [4.69, 9.17) is 17.3 Å². The second-order valence-corrected chi connectivity index (χ2v) is 4.87. The summed E-state index contributed by atoms with van der Waals surface area (Å²) in [5.74, 6) is 0.464. The summed E-state index contributed by atoms with van der Waals surface area (Å²) in [7, 11) is 0. The van der Waals surface area contributed by atoms with Gasteiger partial charge in [0.15, 0.2) is 11.0 Å². The maximum absolute atomic E-state index is 5.85. The fourth-order valence-corrected chi connectivity index (χ4v) is 2.76. The zero-order chi connectivity index (χ0) is 11.1. The van der Waals surface area contributed by atoms with Crippen LogP contribution in [0.25, 0.3) is 0 Å². The lowest BCUT2D eigenvalue weighted by Crippen LogP contribution is -2.51. The summed E-state index contributed by atoms with van der Waals surface area (Å²) in [6.45, 7) is 1.95. The van der Waals surface area contributed by atoms with Gasteiger partial charge in [-0.2, -0.15) is 0 Å². The number of aromatic nitrogens is 2. The molecule has 3 rings (SSSR count). The van der Waals surface area contributed by atoms with Crippen LogP contribution in [-0.2, 0) is 0 Å². The number of anilines is 2. The molecule has 1 aromatic heterocycles. The lowest BCUT2D eigenvalue weighted by Gasteiger charge is -2.34. The van der Waals surface area contributed by atoms with Crippen LogP contribution in [0, 0.1) is 0 Å². The maximum atomic E-state index is 5.85. The van der Waals surface area contributed by atoms with Crippen molar-refractivity contribution in [3.8, 4) is 0 Å². The fraction of sp³-hybridized carbons (Fsp3) is 0.600. The van der Waals surface area contributed by atoms with Gasteiger partial charge in [-0.1, -0.05) is 11.6 Å². The summed E-state index contributed by atoms with van der Waals surface area (Å²) >= 11 is 5.85. The van der Waals surface area contributed by atoms with Crippen LogP contribution in [0.5, 0.6) is 0 Å². The first-order valence-corrected chi connectivity index (χ1v) is 5.90. The van der Waals surface area contributed by atoms with Gasteiger partial charge in [-0.15, -0.1) is 10.2 Å². The number of rotatable bonds is 1. The number of hydrogen-bond donors (Lipinski definition) is 2. The first-order chi connectivity index (χ1) is 7.72. The number of fused-ring (bicyclic) bond motifs is 2. The van der Waals surface area contributed by atoms with Gasteiger partial charge in [0.2, 0.25) is 0 Å². The largest absolute Gasteiger partial charge is 0.380 e. The molecule has 86 valence electrons. The number of nitrogen functional groups attached to an aromatic ring is 1. The Hall–Kier alpha value is -1.07. The first-order valence-electron chi connectivity index (χ1n) is 5.52. The van der Waals surface area contributed by atoms with Gasteiger partial charge in [-0.25, -0.2) is 0 Å². The van der Waals surface area contributed by atoms with E-state index in [1.165, 1.54) is 12.8 Å². The molecule has 16 heavy (non-hydrogen) atoms. The summed E-state index contributed by atoms with van der Waals surface area (Å²) in [4.78, 5) is 2.26. The quantitative estimate of drug-likeness (QED) is 0.754. The molecule has 0 radical (unpaired) electrons. The van der Waals surface area contributed by atoms with E-state index in [1.54, 1.807) is 6.07 Å². The summed E-state index contributed by atoms with van der Waals surface area (Å²) in [5.41, 5.74) is 6.75. The molecule has 2 fully saturated rings. The summed E-state index contributed by atoms with van der Waals surface area (Å²) in [6, 6.07) is 2.95. The van der Waals surface area contributed by atoms with Crippen LogP contribution in [0.1, 0.15) is 12.8 Å². The molecular weight excluding hydrogens is 226 g/mol. The number of nitrogens with two attached hydrogens (primary N) is 1. The Morgan fingerprint density at radius 2 is 2.00 bits per heavy atom. The lowest BCUT2D eigenvalue weighted by molar-refractivity contribution is 0.466. The molecular formula is C10H14ClN5. The van der Waals surface area contributed by atoms with Crippen LogP contribution in [-0.4, -0.2) is 35.4 Å². The van der Waals surface area contributed by atoms with Crippen molar-refractivity contribution in [3.63, 3.8) is 0 Å². The van der Waals surface area contributed by atoms with Crippen LogP contribution < -0.4 is 16.0 Å². The molecule has 0 saturated carbocycles. The third kappa shape index (κ3) is 1.70. The highest BCUT2D eigenvalue weighted by molar-refractivity contribution is 6.29. The van der Waals surface area contributed by atoms with Crippen molar-refractivity contribution in [1.82, 2.24) is 15.5 Å². The lowest BCUT2D eigenvalue weighted by atomic mass is 10.2. The molecule has 2 aliphatic heterocycles. The molecule has 2 atom stereocenters. The Bertz CT molecular complexity index is 398. The second-order valence-electron chi connectivity index (χ2n) is 4.48. The monoisotopic (exact) mass is 239 g/mol. The number of nitrogens with zero attached hydrogens (tertiary/aromatic N) is 3. The second kappa shape index (κ2) is 3.75. The van der Waals surface area contributed by atoms with Crippen molar-refractivity contribution in [2.24, 2.45) is 0 Å². The van der Waals surface area contributed by atoms with Crippen molar-refractivity contribution < 1.29 is 0 Å². The Morgan fingerprint density at radius 3 is 2.69 bits per heavy atom. The van der Waals surface area contributed by atoms with E-state index in [9.17, 15) is 0 Å². The molecule has 0 amide bonds. The minimum atomic E-state index is 0.398. The summed E-state index contributed by atoms with van der Waals surface area (Å²) in [6.07, 6.45) is 2.49. The van der Waals surface area contributed by atoms with Gasteiger partial charge >= 0.3 is 0 Å². The average molecular weight is 240 g/mol. The van der Waals surface area contributed by atoms with Gasteiger partial charge in [-0.3, -0.25) is 0 Å². The van der Waals surface area contributed by atoms with Crippen LogP contribution in [0.15, 0.2) is 6.07 Å². The van der Waals surface area contributed by atoms with Gasteiger partial charge in [0.25, 0.3) is 0 Å². The zero-order valence-electron chi connectivity index (χ0n) is 8.86. The standard InChI is InChI=1S/C10H14ClN5/c11-9-3-8(10(12)15-14-9)16-4-6-1-2-7(5-16)13-6/h3,6-7,13H,1-2,4-5H2,(H2,12,15). The SMILES string of the molecule is Nc1nnc(Cl)cc1N1CC2CCC(C1)N2. The summed E-state index contributed by atoms with van der Waals surface area (Å²) < 4.78 is 0. The predicted molar refractivity (Wildman–Crippen MR) is 63.6 cm³/mol. The Labute approximate surface area is 99.0 Å². The van der Waals surface area contributed by atoms with Crippen molar-refractivity contribution in [1.29, 1.82) is 0 Å². The van der Waals surface area contributed by atoms with E-state index in [2.05, 4.69) is 20.4 Å². The molecule has 2 bridgehead atoms. The van der Waals surface area contributed by atoms with E-state index in [0.717, 1.165) is 18.8 Å². The summed E-state index contributed by atoms with van der Waals surface area (Å²) in [5, 5.41) is 11.6. The van der Waals surface area contributed by atoms with Crippen molar-refractivity contribution in [2.45, 2.75) is 24.9 Å². The van der Waals surface area contributed by atoms with E-state index < -0.39 is 0 Å². The van der Waals surface area contributed by atoms with E-state index in [0.29, 0.717) is 23.1 Å². The molecule has 0 aliphatic carbocycles. The first kappa shape index (κ1) is 10.1. The Balaban J connectivity index is 1.89. The van der Waals surface area contributed by atoms with Crippen molar-refractivity contribution >= 4 is 23.1 Å². The van der Waals surface area contributed by atoms with E-state index in [-0.39, 0.29) is 0 Å². The number of nitrogens with one attached hydrogen (secondary N) is 1. The molecule has 0 spiro atoms. The van der Waals surface area contributed by atoms with Crippen LogP contribution in [0.2, 0.25) is 5.15 Å². The van der Waals surface area contributed by atoms with Gasteiger partial charge in [0.1, 0.15) is 0 Å². The van der Waals surface area contributed by atoms with Gasteiger partial charge in [-0.05, 0) is 12.8 Å². The van der Waals surface area contributed by atoms with E-state index in [1.807, 2.05) is 0 Å². The highest BCUT2D eigenvalue weighted by Crippen LogP contribution is 2.29. The molecule has 2 saturated heterocycles. The average Bonchev–Trinajstić information content (AvgIpc) is 2.61. The van der Waals surface area contributed by atoms with Crippen molar-refractivity contribution in [2.75, 3.05) is 23.7 Å². The Kier molecular flexibility index (Phi) is 2.37. The maximum Gasteiger partial charge on any atom is 0.169 e. The molecule has 1 aromatic rings.